The summed E-state index contributed by atoms with van der Waals surface area (Å²) in [5.74, 6) is 0. The molecule has 0 fully saturated rings. The Bertz CT molecular complexity index is 6430. The minimum absolute atomic E-state index is 1.15. The fourth-order valence-corrected chi connectivity index (χ4v) is 15.8. The molecular formula is C96H64N4. The average molecular weight is 1270 g/mol. The van der Waals surface area contributed by atoms with Crippen molar-refractivity contribution in [3.05, 3.63) is 388 Å². The quantitative estimate of drug-likeness (QED) is 0.130. The highest BCUT2D eigenvalue weighted by Gasteiger charge is 2.22. The summed E-state index contributed by atoms with van der Waals surface area (Å²) in [7, 11) is 0. The zero-order chi connectivity index (χ0) is 66.0. The second kappa shape index (κ2) is 24.4. The van der Waals surface area contributed by atoms with Gasteiger partial charge in [0.2, 0.25) is 0 Å². The molecule has 0 amide bonds. The van der Waals surface area contributed by atoms with Crippen molar-refractivity contribution in [3.8, 4) is 89.5 Å². The first kappa shape index (κ1) is 58.1. The molecule has 4 nitrogen and oxygen atoms in total. The van der Waals surface area contributed by atoms with Gasteiger partial charge in [-0.15, -0.1) is 0 Å². The van der Waals surface area contributed by atoms with Crippen LogP contribution in [0.1, 0.15) is 0 Å². The molecule has 20 aromatic rings. The van der Waals surface area contributed by atoms with Gasteiger partial charge >= 0.3 is 0 Å². The lowest BCUT2D eigenvalue weighted by molar-refractivity contribution is 1.18. The van der Waals surface area contributed by atoms with Crippen LogP contribution in [0.25, 0.3) is 177 Å². The van der Waals surface area contributed by atoms with E-state index in [9.17, 15) is 0 Å². The summed E-state index contributed by atoms with van der Waals surface area (Å²) in [4.78, 5) is 0. The molecule has 0 aliphatic carbocycles. The van der Waals surface area contributed by atoms with Crippen LogP contribution >= 0.6 is 0 Å². The van der Waals surface area contributed by atoms with Gasteiger partial charge in [-0.05, 0) is 182 Å². The summed E-state index contributed by atoms with van der Waals surface area (Å²) in [6.07, 6.45) is 0. The molecule has 0 saturated heterocycles. The topological polar surface area (TPSA) is 19.7 Å². The lowest BCUT2D eigenvalue weighted by Crippen LogP contribution is -1.96. The van der Waals surface area contributed by atoms with Gasteiger partial charge in [-0.2, -0.15) is 0 Å². The first-order chi connectivity index (χ1) is 49.6. The van der Waals surface area contributed by atoms with Crippen molar-refractivity contribution in [2.75, 3.05) is 0 Å². The molecule has 16 aromatic carbocycles. The number of hydrogen-bond acceptors (Lipinski definition) is 0. The predicted octanol–water partition coefficient (Wildman–Crippen LogP) is 25.8. The summed E-state index contributed by atoms with van der Waals surface area (Å²) in [5, 5.41) is 10.1. The minimum Gasteiger partial charge on any atom is -0.309 e. The minimum atomic E-state index is 1.15. The lowest BCUT2D eigenvalue weighted by atomic mass is 9.94. The molecule has 0 aliphatic rings. The van der Waals surface area contributed by atoms with Gasteiger partial charge in [0.15, 0.2) is 0 Å². The SMILES string of the molecule is c1ccc(-c2cc(-c3ccccc3)cc(-n3c4ccccc4c4c(-c5ccc6c(c5)c5ccccc5n6-c5ccccc5)cccc43)c2)cc1.c1ccc(-c2ccccc2-c2cccc(-n3c4ccccc4c4c(-c5ccc6c(c5)c5ccccc5n6-c5ccccc5)cccc43)c2)cc1. The number of fused-ring (bicyclic) bond motifs is 12. The van der Waals surface area contributed by atoms with Gasteiger partial charge in [0.05, 0.1) is 44.1 Å². The van der Waals surface area contributed by atoms with E-state index in [-0.39, 0.29) is 0 Å². The van der Waals surface area contributed by atoms with Crippen molar-refractivity contribution in [1.29, 1.82) is 0 Å². The van der Waals surface area contributed by atoms with Gasteiger partial charge in [-0.1, -0.05) is 273 Å². The normalized spacial score (nSPS) is 11.6. The van der Waals surface area contributed by atoms with Gasteiger partial charge < -0.3 is 18.3 Å². The van der Waals surface area contributed by atoms with E-state index in [1.165, 1.54) is 165 Å². The fraction of sp³-hybridized carbons (Fsp3) is 0. The van der Waals surface area contributed by atoms with Crippen molar-refractivity contribution < 1.29 is 0 Å². The number of aromatic nitrogens is 4. The molecular weight excluding hydrogens is 1210 g/mol. The molecule has 0 radical (unpaired) electrons. The third-order valence-electron chi connectivity index (χ3n) is 20.2. The Morgan fingerprint density at radius 1 is 0.130 bits per heavy atom. The van der Waals surface area contributed by atoms with Crippen LogP contribution in [0, 0.1) is 0 Å². The van der Waals surface area contributed by atoms with E-state index in [2.05, 4.69) is 407 Å². The molecule has 4 aromatic heterocycles. The summed E-state index contributed by atoms with van der Waals surface area (Å²) < 4.78 is 9.64. The van der Waals surface area contributed by atoms with E-state index in [1.807, 2.05) is 0 Å². The number of hydrogen-bond donors (Lipinski definition) is 0. The lowest BCUT2D eigenvalue weighted by Gasteiger charge is -2.14. The summed E-state index contributed by atoms with van der Waals surface area (Å²) in [6.45, 7) is 0. The molecule has 100 heavy (non-hydrogen) atoms. The Balaban J connectivity index is 0.000000139. The Labute approximate surface area is 579 Å². The van der Waals surface area contributed by atoms with Crippen molar-refractivity contribution in [2.24, 2.45) is 0 Å². The van der Waals surface area contributed by atoms with Crippen molar-refractivity contribution in [1.82, 2.24) is 18.3 Å². The number of rotatable bonds is 10. The van der Waals surface area contributed by atoms with Crippen molar-refractivity contribution in [3.63, 3.8) is 0 Å². The highest BCUT2D eigenvalue weighted by atomic mass is 15.0. The standard InChI is InChI=1S/2C48H32N2/c1-4-15-33(16-5-1)36-29-37(34-17-6-2-7-18-34)31-39(30-36)50-45-25-13-11-22-42(45)48-40(23-14-26-47(48)50)35-27-28-46-43(32-35)41-21-10-12-24-44(41)49(46)38-19-8-3-9-20-38;1-3-15-33(16-4-1)38-21-7-8-22-39(38)34-17-13-20-37(31-34)50-45-27-12-10-24-42(45)48-40(25-14-28-47(48)50)35-29-30-46-43(32-35)41-23-9-11-26-44(41)49(46)36-18-5-2-6-19-36/h2*1-32H. The van der Waals surface area contributed by atoms with Gasteiger partial charge in [-0.25, -0.2) is 0 Å². The molecule has 4 heteroatoms. The third-order valence-corrected chi connectivity index (χ3v) is 20.2. The van der Waals surface area contributed by atoms with Gasteiger partial charge in [-0.3, -0.25) is 0 Å². The highest BCUT2D eigenvalue weighted by Crippen LogP contribution is 2.45. The van der Waals surface area contributed by atoms with Crippen LogP contribution in [0.2, 0.25) is 0 Å². The highest BCUT2D eigenvalue weighted by molar-refractivity contribution is 6.19. The molecule has 0 bridgehead atoms. The first-order valence-electron chi connectivity index (χ1n) is 34.4. The number of nitrogens with zero attached hydrogens (tertiary/aromatic N) is 4. The Kier molecular flexibility index (Phi) is 14.2. The second-order valence-electron chi connectivity index (χ2n) is 25.9. The summed E-state index contributed by atoms with van der Waals surface area (Å²) in [6, 6.07) is 141. The molecule has 0 N–H and O–H groups in total. The predicted molar refractivity (Wildman–Crippen MR) is 423 cm³/mol. The third kappa shape index (κ3) is 9.83. The average Bonchev–Trinajstić information content (AvgIpc) is 1.60. The number of para-hydroxylation sites is 6. The van der Waals surface area contributed by atoms with E-state index in [0.717, 1.165) is 11.4 Å². The van der Waals surface area contributed by atoms with Crippen LogP contribution < -0.4 is 0 Å². The van der Waals surface area contributed by atoms with Crippen LogP contribution in [0.4, 0.5) is 0 Å². The number of benzene rings is 16. The fourth-order valence-electron chi connectivity index (χ4n) is 15.8. The second-order valence-corrected chi connectivity index (χ2v) is 25.9. The maximum Gasteiger partial charge on any atom is 0.0547 e. The monoisotopic (exact) mass is 1270 g/mol. The van der Waals surface area contributed by atoms with Crippen molar-refractivity contribution >= 4 is 87.2 Å². The smallest absolute Gasteiger partial charge is 0.0547 e. The van der Waals surface area contributed by atoms with Gasteiger partial charge in [0, 0.05) is 65.8 Å². The van der Waals surface area contributed by atoms with E-state index in [4.69, 9.17) is 0 Å². The molecule has 468 valence electrons. The van der Waals surface area contributed by atoms with Crippen LogP contribution in [0.3, 0.4) is 0 Å². The molecule has 20 rings (SSSR count). The largest absolute Gasteiger partial charge is 0.309 e. The first-order valence-corrected chi connectivity index (χ1v) is 34.4. The molecule has 0 aliphatic heterocycles. The van der Waals surface area contributed by atoms with Crippen LogP contribution in [-0.4, -0.2) is 18.3 Å². The Morgan fingerprint density at radius 2 is 0.420 bits per heavy atom. The van der Waals surface area contributed by atoms with Gasteiger partial charge in [0.25, 0.3) is 0 Å². The van der Waals surface area contributed by atoms with Crippen LogP contribution in [-0.2, 0) is 0 Å². The summed E-state index contributed by atoms with van der Waals surface area (Å²) in [5.41, 5.74) is 28.9. The Morgan fingerprint density at radius 3 is 0.890 bits per heavy atom. The zero-order valence-corrected chi connectivity index (χ0v) is 54.7. The van der Waals surface area contributed by atoms with Gasteiger partial charge in [0.1, 0.15) is 0 Å². The molecule has 0 spiro atoms. The molecule has 0 atom stereocenters. The van der Waals surface area contributed by atoms with E-state index in [1.54, 1.807) is 0 Å². The van der Waals surface area contributed by atoms with Crippen LogP contribution in [0.5, 0.6) is 0 Å². The van der Waals surface area contributed by atoms with E-state index >= 15 is 0 Å². The van der Waals surface area contributed by atoms with E-state index < -0.39 is 0 Å². The molecule has 0 unspecified atom stereocenters. The molecule has 0 saturated carbocycles. The maximum absolute atomic E-state index is 2.45. The maximum atomic E-state index is 2.45. The van der Waals surface area contributed by atoms with E-state index in [0.29, 0.717) is 0 Å². The Hall–Kier alpha value is -13.3. The zero-order valence-electron chi connectivity index (χ0n) is 54.7. The summed E-state index contributed by atoms with van der Waals surface area (Å²) >= 11 is 0. The van der Waals surface area contributed by atoms with Crippen molar-refractivity contribution in [2.45, 2.75) is 0 Å². The molecule has 4 heterocycles. The van der Waals surface area contributed by atoms with Crippen LogP contribution in [0.15, 0.2) is 388 Å².